The van der Waals surface area contributed by atoms with Crippen molar-refractivity contribution in [2.45, 2.75) is 27.7 Å². The number of anilines is 2. The maximum absolute atomic E-state index is 4.12. The van der Waals surface area contributed by atoms with E-state index >= 15 is 0 Å². The Hall–Kier alpha value is -8.46. The largest absolute Gasteiger partial charge is 0.310 e. The number of hydrogen-bond acceptors (Lipinski definition) is 2. The lowest BCUT2D eigenvalue weighted by atomic mass is 9.87. The van der Waals surface area contributed by atoms with Gasteiger partial charge in [-0.2, -0.15) is 0 Å². The summed E-state index contributed by atoms with van der Waals surface area (Å²) < 4.78 is 0. The van der Waals surface area contributed by atoms with Crippen LogP contribution < -0.4 is 9.80 Å². The number of rotatable bonds is 16. The monoisotopic (exact) mass is 876 g/mol. The average Bonchev–Trinajstić information content (AvgIpc) is 3.88. The van der Waals surface area contributed by atoms with E-state index in [2.05, 4.69) is 252 Å². The quantitative estimate of drug-likeness (QED) is 0.0893. The Morgan fingerprint density at radius 2 is 0.721 bits per heavy atom. The molecule has 0 aliphatic rings. The van der Waals surface area contributed by atoms with Crippen LogP contribution in [-0.4, -0.2) is 0 Å². The summed E-state index contributed by atoms with van der Waals surface area (Å²) in [5.41, 5.74) is 11.0. The fourth-order valence-corrected chi connectivity index (χ4v) is 10.4. The van der Waals surface area contributed by atoms with Crippen LogP contribution in [0.1, 0.15) is 27.7 Å². The molecule has 0 radical (unpaired) electrons. The summed E-state index contributed by atoms with van der Waals surface area (Å²) in [6.07, 6.45) is 32.6. The Labute approximate surface area is 401 Å². The number of nitrogens with zero attached hydrogens (tertiary/aromatic N) is 2. The first-order chi connectivity index (χ1) is 33.5. The van der Waals surface area contributed by atoms with Gasteiger partial charge in [0.1, 0.15) is 0 Å². The Bertz CT molecular complexity index is 3520. The maximum Gasteiger partial charge on any atom is 0.0540 e. The van der Waals surface area contributed by atoms with Gasteiger partial charge in [0.2, 0.25) is 0 Å². The van der Waals surface area contributed by atoms with Crippen molar-refractivity contribution in [1.82, 2.24) is 0 Å². The average molecular weight is 877 g/mol. The van der Waals surface area contributed by atoms with Crippen molar-refractivity contribution in [2.24, 2.45) is 0 Å². The molecule has 0 saturated heterocycles. The molecule has 0 unspecified atom stereocenters. The third-order valence-corrected chi connectivity index (χ3v) is 12.8. The lowest BCUT2D eigenvalue weighted by Gasteiger charge is -2.28. The maximum atomic E-state index is 4.12. The number of benzene rings is 7. The van der Waals surface area contributed by atoms with Gasteiger partial charge in [0.15, 0.2) is 0 Å². The highest BCUT2D eigenvalue weighted by atomic mass is 15.2. The van der Waals surface area contributed by atoms with Gasteiger partial charge in [0.05, 0.1) is 11.4 Å². The van der Waals surface area contributed by atoms with E-state index in [-0.39, 0.29) is 0 Å². The van der Waals surface area contributed by atoms with E-state index in [1.165, 1.54) is 81.5 Å². The van der Waals surface area contributed by atoms with E-state index in [4.69, 9.17) is 0 Å². The molecule has 0 aromatic heterocycles. The molecule has 9 rings (SSSR count). The highest BCUT2D eigenvalue weighted by Gasteiger charge is 2.30. The highest BCUT2D eigenvalue weighted by molar-refractivity contribution is 6.47. The fourth-order valence-electron chi connectivity index (χ4n) is 10.4. The number of fused-ring (bicyclic) bond motifs is 6. The molecule has 2 heteroatoms. The summed E-state index contributed by atoms with van der Waals surface area (Å²) in [5, 5.41) is 14.7. The second kappa shape index (κ2) is 19.6. The van der Waals surface area contributed by atoms with Gasteiger partial charge in [-0.25, -0.2) is 0 Å². The van der Waals surface area contributed by atoms with Crippen molar-refractivity contribution in [3.63, 3.8) is 0 Å². The van der Waals surface area contributed by atoms with Crippen LogP contribution in [0, 0.1) is 0 Å². The van der Waals surface area contributed by atoms with Crippen molar-refractivity contribution >= 4 is 76.0 Å². The third-order valence-electron chi connectivity index (χ3n) is 12.8. The molecule has 9 aromatic carbocycles. The SMILES string of the molecule is C=C/C=C\C(=C/C)N(C(/C=C\C)=C/C=C)c1ccc2c3c(-c4ccccc4)c4c5cccc6c(N(C(/C=C\C)=C/C=C)C(/C=C\C)=C/C=C)ccc(c4c(-c4ccccc4)c3c3cccc1c32)c65. The van der Waals surface area contributed by atoms with E-state index in [1.54, 1.807) is 0 Å². The first kappa shape index (κ1) is 44.7. The predicted molar refractivity (Wildman–Crippen MR) is 302 cm³/mol. The van der Waals surface area contributed by atoms with Gasteiger partial charge in [0, 0.05) is 33.6 Å². The van der Waals surface area contributed by atoms with Crippen molar-refractivity contribution in [1.29, 1.82) is 0 Å². The van der Waals surface area contributed by atoms with Crippen LogP contribution >= 0.6 is 0 Å². The van der Waals surface area contributed by atoms with Gasteiger partial charge >= 0.3 is 0 Å². The summed E-state index contributed by atoms with van der Waals surface area (Å²) in [4.78, 5) is 4.65. The minimum absolute atomic E-state index is 0.998. The zero-order valence-corrected chi connectivity index (χ0v) is 39.5. The first-order valence-corrected chi connectivity index (χ1v) is 23.4. The van der Waals surface area contributed by atoms with Crippen molar-refractivity contribution in [3.05, 3.63) is 268 Å². The second-order valence-electron chi connectivity index (χ2n) is 16.7. The molecule has 2 nitrogen and oxygen atoms in total. The van der Waals surface area contributed by atoms with Gasteiger partial charge in [0.25, 0.3) is 0 Å². The molecular weight excluding hydrogens is 821 g/mol. The topological polar surface area (TPSA) is 6.48 Å². The van der Waals surface area contributed by atoms with E-state index < -0.39 is 0 Å². The second-order valence-corrected chi connectivity index (χ2v) is 16.7. The zero-order valence-electron chi connectivity index (χ0n) is 39.5. The van der Waals surface area contributed by atoms with Crippen molar-refractivity contribution in [3.8, 4) is 22.3 Å². The van der Waals surface area contributed by atoms with Crippen LogP contribution in [0.4, 0.5) is 11.4 Å². The summed E-state index contributed by atoms with van der Waals surface area (Å²) in [6.45, 7) is 24.6. The molecule has 9 aromatic rings. The Morgan fingerprint density at radius 1 is 0.353 bits per heavy atom. The van der Waals surface area contributed by atoms with Gasteiger partial charge in [-0.1, -0.05) is 190 Å². The standard InChI is InChI=1S/C66H56N2/c1-9-17-36-47(16-8)67(48(26-10-2)27-11-3)57-43-41-55-61-51(57)37-24-39-53(61)63-59(45-32-20-18-21-33-45)66-56-42-44-58(68(49(28-12-4)29-13-5)50(30-14-6)31-15-7)52-38-25-40-54(62(52)56)64(66)60(65(55)63)46-34-22-19-23-35-46/h9-44H,1-2,4,6H2,3,5,7-8H3/b27-11-,29-13-,31-15-,36-17-,47-16+,48-26+,49-28+,50-30+. The van der Waals surface area contributed by atoms with Gasteiger partial charge in [-0.15, -0.1) is 0 Å². The van der Waals surface area contributed by atoms with Crippen molar-refractivity contribution < 1.29 is 0 Å². The zero-order chi connectivity index (χ0) is 47.3. The van der Waals surface area contributed by atoms with E-state index in [0.29, 0.717) is 0 Å². The summed E-state index contributed by atoms with van der Waals surface area (Å²) in [5.74, 6) is 0. The van der Waals surface area contributed by atoms with E-state index in [1.807, 2.05) is 30.4 Å². The van der Waals surface area contributed by atoms with Crippen LogP contribution in [-0.2, 0) is 0 Å². The van der Waals surface area contributed by atoms with Crippen LogP contribution in [0.15, 0.2) is 268 Å². The normalized spacial score (nSPS) is 13.4. The van der Waals surface area contributed by atoms with Gasteiger partial charge in [-0.05, 0) is 158 Å². The summed E-state index contributed by atoms with van der Waals surface area (Å²) in [7, 11) is 0. The lowest BCUT2D eigenvalue weighted by Crippen LogP contribution is -2.20. The summed E-state index contributed by atoms with van der Waals surface area (Å²) in [6, 6.07) is 45.1. The van der Waals surface area contributed by atoms with E-state index in [9.17, 15) is 0 Å². The number of allylic oxidation sites excluding steroid dienone is 16. The molecule has 0 N–H and O–H groups in total. The van der Waals surface area contributed by atoms with Crippen molar-refractivity contribution in [2.75, 3.05) is 9.80 Å². The minimum atomic E-state index is 0.998. The summed E-state index contributed by atoms with van der Waals surface area (Å²) >= 11 is 0. The molecule has 0 bridgehead atoms. The molecule has 0 atom stereocenters. The van der Waals surface area contributed by atoms with Crippen LogP contribution in [0.3, 0.4) is 0 Å². The Kier molecular flexibility index (Phi) is 12.9. The smallest absolute Gasteiger partial charge is 0.0540 e. The first-order valence-electron chi connectivity index (χ1n) is 23.4. The lowest BCUT2D eigenvalue weighted by molar-refractivity contribution is 1.14. The fraction of sp³-hybridized carbons (Fsp3) is 0.0606. The molecule has 68 heavy (non-hydrogen) atoms. The number of hydrogen-bond donors (Lipinski definition) is 0. The highest BCUT2D eigenvalue weighted by Crippen LogP contribution is 2.57. The Morgan fingerprint density at radius 3 is 1.07 bits per heavy atom. The minimum Gasteiger partial charge on any atom is -0.310 e. The molecule has 0 fully saturated rings. The van der Waals surface area contributed by atoms with Crippen LogP contribution in [0.25, 0.3) is 86.9 Å². The molecule has 0 aliphatic heterocycles. The molecule has 0 amide bonds. The van der Waals surface area contributed by atoms with Gasteiger partial charge < -0.3 is 9.80 Å². The predicted octanol–water partition coefficient (Wildman–Crippen LogP) is 19.0. The molecular formula is C66H56N2. The van der Waals surface area contributed by atoms with Crippen LogP contribution in [0.5, 0.6) is 0 Å². The molecule has 330 valence electrons. The molecule has 0 heterocycles. The van der Waals surface area contributed by atoms with Crippen LogP contribution in [0.2, 0.25) is 0 Å². The Balaban J connectivity index is 1.51. The van der Waals surface area contributed by atoms with Gasteiger partial charge in [-0.3, -0.25) is 0 Å². The third kappa shape index (κ3) is 7.41. The molecule has 0 saturated carbocycles. The van der Waals surface area contributed by atoms with E-state index in [0.717, 1.165) is 39.5 Å². The molecule has 0 aliphatic carbocycles. The molecule has 0 spiro atoms.